The van der Waals surface area contributed by atoms with Gasteiger partial charge in [-0.2, -0.15) is 0 Å². The van der Waals surface area contributed by atoms with E-state index in [0.29, 0.717) is 18.1 Å². The normalized spacial score (nSPS) is 11.1. The van der Waals surface area contributed by atoms with Crippen LogP contribution in [-0.4, -0.2) is 24.7 Å². The molecule has 0 aliphatic carbocycles. The second-order valence-electron chi connectivity index (χ2n) is 7.01. The topological polar surface area (TPSA) is 59.6 Å². The number of rotatable bonds is 10. The summed E-state index contributed by atoms with van der Waals surface area (Å²) in [6.07, 6.45) is 1.04. The zero-order valence-electron chi connectivity index (χ0n) is 16.7. The standard InChI is InChI=1S/C22H30N2O3/c1-5-22(3,4)23-15-17-12-13-19(20(14-17)26-6-2)27-16-21(25)24-18-10-8-7-9-11-18/h7-14,23H,5-6,15-16H2,1-4H3,(H,24,25). The zero-order chi connectivity index (χ0) is 19.7. The van der Waals surface area contributed by atoms with Crippen LogP contribution in [0.25, 0.3) is 0 Å². The lowest BCUT2D eigenvalue weighted by atomic mass is 10.0. The summed E-state index contributed by atoms with van der Waals surface area (Å²) in [6.45, 7) is 9.65. The van der Waals surface area contributed by atoms with Crippen LogP contribution >= 0.6 is 0 Å². The summed E-state index contributed by atoms with van der Waals surface area (Å²) in [7, 11) is 0. The van der Waals surface area contributed by atoms with Gasteiger partial charge in [-0.25, -0.2) is 0 Å². The Balaban J connectivity index is 1.97. The van der Waals surface area contributed by atoms with Crippen molar-refractivity contribution in [1.82, 2.24) is 5.32 Å². The Hall–Kier alpha value is -2.53. The van der Waals surface area contributed by atoms with Crippen LogP contribution in [0.15, 0.2) is 48.5 Å². The van der Waals surface area contributed by atoms with Crippen molar-refractivity contribution in [3.8, 4) is 11.5 Å². The Morgan fingerprint density at radius 2 is 1.74 bits per heavy atom. The molecule has 1 amide bonds. The van der Waals surface area contributed by atoms with Crippen LogP contribution < -0.4 is 20.1 Å². The Morgan fingerprint density at radius 3 is 2.41 bits per heavy atom. The van der Waals surface area contributed by atoms with Crippen molar-refractivity contribution >= 4 is 11.6 Å². The fourth-order valence-electron chi connectivity index (χ4n) is 2.38. The highest BCUT2D eigenvalue weighted by molar-refractivity contribution is 5.91. The highest BCUT2D eigenvalue weighted by atomic mass is 16.5. The van der Waals surface area contributed by atoms with E-state index in [4.69, 9.17) is 9.47 Å². The summed E-state index contributed by atoms with van der Waals surface area (Å²) in [5.41, 5.74) is 1.94. The molecule has 0 saturated heterocycles. The van der Waals surface area contributed by atoms with Crippen LogP contribution in [0.5, 0.6) is 11.5 Å². The van der Waals surface area contributed by atoms with E-state index < -0.39 is 0 Å². The van der Waals surface area contributed by atoms with Gasteiger partial charge in [-0.3, -0.25) is 4.79 Å². The molecule has 0 heterocycles. The van der Waals surface area contributed by atoms with Gasteiger partial charge in [0.25, 0.3) is 5.91 Å². The number of benzene rings is 2. The van der Waals surface area contributed by atoms with E-state index in [-0.39, 0.29) is 18.1 Å². The molecule has 0 fully saturated rings. The Kier molecular flexibility index (Phi) is 7.67. The predicted molar refractivity (Wildman–Crippen MR) is 109 cm³/mol. The smallest absolute Gasteiger partial charge is 0.262 e. The number of anilines is 1. The maximum Gasteiger partial charge on any atom is 0.262 e. The number of nitrogens with one attached hydrogen (secondary N) is 2. The molecular weight excluding hydrogens is 340 g/mol. The van der Waals surface area contributed by atoms with E-state index in [1.54, 1.807) is 0 Å². The molecule has 27 heavy (non-hydrogen) atoms. The lowest BCUT2D eigenvalue weighted by Gasteiger charge is -2.25. The average Bonchev–Trinajstić information content (AvgIpc) is 2.67. The van der Waals surface area contributed by atoms with Gasteiger partial charge in [0.1, 0.15) is 0 Å². The van der Waals surface area contributed by atoms with E-state index in [2.05, 4.69) is 31.4 Å². The lowest BCUT2D eigenvalue weighted by molar-refractivity contribution is -0.118. The first-order chi connectivity index (χ1) is 12.9. The number of para-hydroxylation sites is 1. The molecule has 0 radical (unpaired) electrons. The minimum absolute atomic E-state index is 0.0740. The van der Waals surface area contributed by atoms with Crippen LogP contribution in [0, 0.1) is 0 Å². The van der Waals surface area contributed by atoms with Crippen molar-refractivity contribution in [1.29, 1.82) is 0 Å². The number of hydrogen-bond donors (Lipinski definition) is 2. The quantitative estimate of drug-likeness (QED) is 0.651. The second kappa shape index (κ2) is 9.97. The average molecular weight is 370 g/mol. The summed E-state index contributed by atoms with van der Waals surface area (Å²) in [5, 5.41) is 6.33. The van der Waals surface area contributed by atoms with Gasteiger partial charge in [0.05, 0.1) is 6.61 Å². The van der Waals surface area contributed by atoms with Gasteiger partial charge in [0.2, 0.25) is 0 Å². The molecule has 2 aromatic carbocycles. The first kappa shape index (κ1) is 20.8. The third kappa shape index (κ3) is 6.94. The lowest BCUT2D eigenvalue weighted by Crippen LogP contribution is -2.37. The fraction of sp³-hybridized carbons (Fsp3) is 0.409. The second-order valence-corrected chi connectivity index (χ2v) is 7.01. The monoisotopic (exact) mass is 370 g/mol. The van der Waals surface area contributed by atoms with Crippen LogP contribution in [0.1, 0.15) is 39.7 Å². The maximum atomic E-state index is 12.1. The number of carbonyl (C=O) groups excluding carboxylic acids is 1. The molecule has 0 spiro atoms. The molecule has 2 N–H and O–H groups in total. The van der Waals surface area contributed by atoms with Gasteiger partial charge in [-0.1, -0.05) is 31.2 Å². The van der Waals surface area contributed by atoms with Crippen molar-refractivity contribution in [3.63, 3.8) is 0 Å². The highest BCUT2D eigenvalue weighted by Crippen LogP contribution is 2.29. The van der Waals surface area contributed by atoms with Gasteiger partial charge in [-0.05, 0) is 57.0 Å². The van der Waals surface area contributed by atoms with Crippen LogP contribution in [0.3, 0.4) is 0 Å². The largest absolute Gasteiger partial charge is 0.490 e. The molecule has 0 aromatic heterocycles. The summed E-state index contributed by atoms with van der Waals surface area (Å²) in [6, 6.07) is 15.1. The Labute approximate surface area is 162 Å². The summed E-state index contributed by atoms with van der Waals surface area (Å²) in [5.74, 6) is 1.01. The van der Waals surface area contributed by atoms with Crippen molar-refractivity contribution in [3.05, 3.63) is 54.1 Å². The molecule has 5 heteroatoms. The number of carbonyl (C=O) groups is 1. The molecule has 0 unspecified atom stereocenters. The van der Waals surface area contributed by atoms with Gasteiger partial charge in [0, 0.05) is 17.8 Å². The molecule has 2 aromatic rings. The summed E-state index contributed by atoms with van der Waals surface area (Å²) >= 11 is 0. The molecule has 2 rings (SSSR count). The summed E-state index contributed by atoms with van der Waals surface area (Å²) in [4.78, 5) is 12.1. The van der Waals surface area contributed by atoms with E-state index in [1.165, 1.54) is 0 Å². The fourth-order valence-corrected chi connectivity index (χ4v) is 2.38. The molecule has 146 valence electrons. The maximum absolute atomic E-state index is 12.1. The van der Waals surface area contributed by atoms with E-state index in [9.17, 15) is 4.79 Å². The SMILES string of the molecule is CCOc1cc(CNC(C)(C)CC)ccc1OCC(=O)Nc1ccccc1. The molecule has 0 aliphatic heterocycles. The molecular formula is C22H30N2O3. The predicted octanol–water partition coefficient (Wildman–Crippen LogP) is 4.38. The van der Waals surface area contributed by atoms with Crippen LogP contribution in [0.2, 0.25) is 0 Å². The minimum Gasteiger partial charge on any atom is -0.490 e. The number of amides is 1. The van der Waals surface area contributed by atoms with Gasteiger partial charge in [-0.15, -0.1) is 0 Å². The third-order valence-corrected chi connectivity index (χ3v) is 4.38. The zero-order valence-corrected chi connectivity index (χ0v) is 16.7. The van der Waals surface area contributed by atoms with Crippen LogP contribution in [-0.2, 0) is 11.3 Å². The van der Waals surface area contributed by atoms with E-state index in [0.717, 1.165) is 24.2 Å². The number of hydrogen-bond acceptors (Lipinski definition) is 4. The molecule has 0 saturated carbocycles. The van der Waals surface area contributed by atoms with E-state index >= 15 is 0 Å². The first-order valence-electron chi connectivity index (χ1n) is 9.42. The van der Waals surface area contributed by atoms with Crippen molar-refractivity contribution in [2.24, 2.45) is 0 Å². The third-order valence-electron chi connectivity index (χ3n) is 4.38. The van der Waals surface area contributed by atoms with E-state index in [1.807, 2.05) is 55.5 Å². The molecule has 5 nitrogen and oxygen atoms in total. The van der Waals surface area contributed by atoms with Gasteiger partial charge in [0.15, 0.2) is 18.1 Å². The van der Waals surface area contributed by atoms with Crippen molar-refractivity contribution < 1.29 is 14.3 Å². The van der Waals surface area contributed by atoms with Crippen LogP contribution in [0.4, 0.5) is 5.69 Å². The highest BCUT2D eigenvalue weighted by Gasteiger charge is 2.15. The molecule has 0 bridgehead atoms. The molecule has 0 aliphatic rings. The number of ether oxygens (including phenoxy) is 2. The van der Waals surface area contributed by atoms with Crippen molar-refractivity contribution in [2.45, 2.75) is 46.2 Å². The van der Waals surface area contributed by atoms with Crippen molar-refractivity contribution in [2.75, 3.05) is 18.5 Å². The first-order valence-corrected chi connectivity index (χ1v) is 9.42. The summed E-state index contributed by atoms with van der Waals surface area (Å²) < 4.78 is 11.4. The Morgan fingerprint density at radius 1 is 1.00 bits per heavy atom. The Bertz CT molecular complexity index is 730. The van der Waals surface area contributed by atoms with Gasteiger partial charge >= 0.3 is 0 Å². The molecule has 0 atom stereocenters. The minimum atomic E-state index is -0.209. The van der Waals surface area contributed by atoms with Gasteiger partial charge < -0.3 is 20.1 Å².